The van der Waals surface area contributed by atoms with Gasteiger partial charge in [-0.1, -0.05) is 36.7 Å². The van der Waals surface area contributed by atoms with Gasteiger partial charge >= 0.3 is 6.03 Å². The zero-order valence-electron chi connectivity index (χ0n) is 19.5. The third kappa shape index (κ3) is 5.23. The maximum atomic E-state index is 13.3. The molecule has 1 aliphatic rings. The molecule has 0 bridgehead atoms. The molecule has 2 N–H and O–H groups in total. The van der Waals surface area contributed by atoms with Gasteiger partial charge in [0.05, 0.1) is 12.1 Å². The number of H-pyrrole nitrogens is 1. The largest absolute Gasteiger partial charge is 0.322 e. The van der Waals surface area contributed by atoms with E-state index in [0.29, 0.717) is 22.8 Å². The molecule has 1 atom stereocenters. The number of likely N-dealkylation sites (tertiary alicyclic amines) is 1. The molecule has 0 spiro atoms. The Balaban J connectivity index is 1.65. The first-order chi connectivity index (χ1) is 15.9. The van der Waals surface area contributed by atoms with Crippen molar-refractivity contribution in [3.63, 3.8) is 0 Å². The molecule has 1 aromatic heterocycles. The van der Waals surface area contributed by atoms with Crippen molar-refractivity contribution in [2.45, 2.75) is 46.2 Å². The zero-order valence-corrected chi connectivity index (χ0v) is 20.2. The van der Waals surface area contributed by atoms with Crippen LogP contribution in [0.1, 0.15) is 36.5 Å². The number of aromatic amines is 1. The number of benzene rings is 2. The maximum absolute atomic E-state index is 13.3. The smallest absolute Gasteiger partial charge is 0.321 e. The van der Waals surface area contributed by atoms with E-state index in [1.165, 1.54) is 0 Å². The quantitative estimate of drug-likeness (QED) is 0.516. The number of hydrogen-bond donors (Lipinski definition) is 2. The minimum atomic E-state index is -0.235. The summed E-state index contributed by atoms with van der Waals surface area (Å²) in [5.41, 5.74) is 4.03. The van der Waals surface area contributed by atoms with E-state index in [0.717, 1.165) is 48.0 Å². The van der Waals surface area contributed by atoms with Gasteiger partial charge in [-0.3, -0.25) is 9.69 Å². The molecule has 4 rings (SSSR count). The molecule has 2 aromatic carbocycles. The monoisotopic (exact) mass is 466 g/mol. The number of fused-ring (bicyclic) bond motifs is 1. The first kappa shape index (κ1) is 23.3. The van der Waals surface area contributed by atoms with Crippen molar-refractivity contribution >= 4 is 34.2 Å². The van der Waals surface area contributed by atoms with Crippen LogP contribution in [-0.4, -0.2) is 46.5 Å². The van der Waals surface area contributed by atoms with Gasteiger partial charge in [-0.05, 0) is 75.2 Å². The molecule has 2 amide bonds. The number of nitrogens with zero attached hydrogens (tertiary/aromatic N) is 2. The number of hydrogen-bond acceptors (Lipinski definition) is 3. The van der Waals surface area contributed by atoms with E-state index >= 15 is 0 Å². The first-order valence-corrected chi connectivity index (χ1v) is 11.9. The van der Waals surface area contributed by atoms with E-state index in [4.69, 9.17) is 11.6 Å². The van der Waals surface area contributed by atoms with E-state index in [2.05, 4.69) is 28.2 Å². The standard InChI is InChI=1S/C26H31ClN4O2/c1-4-30-12-6-9-22(30)16-31(26(33)28-21-8-5-7-20(27)14-21)15-19-13-23-17(2)10-11-18(3)24(23)29-25(19)32/h5,7-8,10-11,13-14,22H,4,6,9,12,15-16H2,1-3H3,(H,28,33)(H,29,32)/t22-/m0/s1. The molecule has 0 radical (unpaired) electrons. The van der Waals surface area contributed by atoms with Crippen LogP contribution in [0, 0.1) is 13.8 Å². The van der Waals surface area contributed by atoms with Gasteiger partial charge in [0.15, 0.2) is 0 Å². The lowest BCUT2D eigenvalue weighted by atomic mass is 10.0. The number of rotatable bonds is 6. The Labute approximate surface area is 199 Å². The summed E-state index contributed by atoms with van der Waals surface area (Å²) in [6, 6.07) is 13.2. The molecular formula is C26H31ClN4O2. The van der Waals surface area contributed by atoms with Crippen LogP contribution in [0.2, 0.25) is 5.02 Å². The lowest BCUT2D eigenvalue weighted by Crippen LogP contribution is -2.45. The molecule has 0 saturated carbocycles. The minimum Gasteiger partial charge on any atom is -0.321 e. The fraction of sp³-hybridized carbons (Fsp3) is 0.385. The predicted molar refractivity (Wildman–Crippen MR) is 135 cm³/mol. The van der Waals surface area contributed by atoms with Gasteiger partial charge in [0, 0.05) is 34.2 Å². The Morgan fingerprint density at radius 3 is 2.76 bits per heavy atom. The number of aromatic nitrogens is 1. The predicted octanol–water partition coefficient (Wildman–Crippen LogP) is 5.32. The topological polar surface area (TPSA) is 68.4 Å². The number of nitrogens with one attached hydrogen (secondary N) is 2. The summed E-state index contributed by atoms with van der Waals surface area (Å²) in [6.45, 7) is 8.95. The second kappa shape index (κ2) is 9.98. The number of anilines is 1. The molecule has 0 unspecified atom stereocenters. The minimum absolute atomic E-state index is 0.157. The summed E-state index contributed by atoms with van der Waals surface area (Å²) in [7, 11) is 0. The number of urea groups is 1. The Kier molecular flexibility index (Phi) is 7.05. The number of pyridine rings is 1. The van der Waals surface area contributed by atoms with Crippen LogP contribution in [0.4, 0.5) is 10.5 Å². The summed E-state index contributed by atoms with van der Waals surface area (Å²) < 4.78 is 0. The SMILES string of the molecule is CCN1CCC[C@H]1CN(Cc1cc2c(C)ccc(C)c2[nH]c1=O)C(=O)Nc1cccc(Cl)c1. The Morgan fingerprint density at radius 1 is 1.21 bits per heavy atom. The molecule has 1 aliphatic heterocycles. The van der Waals surface area contributed by atoms with Crippen LogP contribution in [0.5, 0.6) is 0 Å². The van der Waals surface area contributed by atoms with Gasteiger partial charge < -0.3 is 15.2 Å². The van der Waals surface area contributed by atoms with Crippen molar-refractivity contribution in [2.75, 3.05) is 25.0 Å². The molecule has 1 saturated heterocycles. The lowest BCUT2D eigenvalue weighted by Gasteiger charge is -2.30. The molecule has 33 heavy (non-hydrogen) atoms. The number of carbonyl (C=O) groups is 1. The molecule has 174 valence electrons. The van der Waals surface area contributed by atoms with Gasteiger partial charge in [0.2, 0.25) is 0 Å². The van der Waals surface area contributed by atoms with Crippen LogP contribution >= 0.6 is 11.6 Å². The van der Waals surface area contributed by atoms with Crippen molar-refractivity contribution in [1.82, 2.24) is 14.8 Å². The molecule has 2 heterocycles. The van der Waals surface area contributed by atoms with E-state index < -0.39 is 0 Å². The summed E-state index contributed by atoms with van der Waals surface area (Å²) >= 11 is 6.10. The highest BCUT2D eigenvalue weighted by Gasteiger charge is 2.28. The maximum Gasteiger partial charge on any atom is 0.322 e. The Hall–Kier alpha value is -2.83. The van der Waals surface area contributed by atoms with E-state index in [1.807, 2.05) is 32.0 Å². The highest BCUT2D eigenvalue weighted by molar-refractivity contribution is 6.30. The van der Waals surface area contributed by atoms with E-state index in [-0.39, 0.29) is 24.2 Å². The lowest BCUT2D eigenvalue weighted by molar-refractivity contribution is 0.174. The Morgan fingerprint density at radius 2 is 2.00 bits per heavy atom. The molecule has 3 aromatic rings. The van der Waals surface area contributed by atoms with Crippen LogP contribution in [0.25, 0.3) is 10.9 Å². The summed E-state index contributed by atoms with van der Waals surface area (Å²) in [5, 5.41) is 4.53. The fourth-order valence-corrected chi connectivity index (χ4v) is 4.89. The average Bonchev–Trinajstić information content (AvgIpc) is 3.24. The summed E-state index contributed by atoms with van der Waals surface area (Å²) in [4.78, 5) is 33.5. The highest BCUT2D eigenvalue weighted by atomic mass is 35.5. The first-order valence-electron chi connectivity index (χ1n) is 11.5. The van der Waals surface area contributed by atoms with E-state index in [9.17, 15) is 9.59 Å². The number of amides is 2. The third-order valence-corrected chi connectivity index (χ3v) is 6.82. The van der Waals surface area contributed by atoms with Crippen molar-refractivity contribution in [1.29, 1.82) is 0 Å². The summed E-state index contributed by atoms with van der Waals surface area (Å²) in [6.07, 6.45) is 2.17. The molecular weight excluding hydrogens is 436 g/mol. The normalized spacial score (nSPS) is 16.3. The van der Waals surface area contributed by atoms with Crippen LogP contribution in [0.3, 0.4) is 0 Å². The van der Waals surface area contributed by atoms with Gasteiger partial charge in [-0.2, -0.15) is 0 Å². The molecule has 1 fully saturated rings. The van der Waals surface area contributed by atoms with Gasteiger partial charge in [0.25, 0.3) is 5.56 Å². The van der Waals surface area contributed by atoms with Crippen LogP contribution in [0.15, 0.2) is 47.3 Å². The van der Waals surface area contributed by atoms with Gasteiger partial charge in [-0.15, -0.1) is 0 Å². The van der Waals surface area contributed by atoms with Crippen molar-refractivity contribution in [3.05, 3.63) is 74.5 Å². The zero-order chi connectivity index (χ0) is 23.5. The van der Waals surface area contributed by atoms with Crippen LogP contribution in [-0.2, 0) is 6.54 Å². The van der Waals surface area contributed by atoms with Gasteiger partial charge in [-0.25, -0.2) is 4.79 Å². The molecule has 6 nitrogen and oxygen atoms in total. The average molecular weight is 467 g/mol. The molecule has 0 aliphatic carbocycles. The third-order valence-electron chi connectivity index (χ3n) is 6.58. The summed E-state index contributed by atoms with van der Waals surface area (Å²) in [5.74, 6) is 0. The second-order valence-electron chi connectivity index (χ2n) is 8.86. The van der Waals surface area contributed by atoms with Crippen LogP contribution < -0.4 is 10.9 Å². The number of likely N-dealkylation sites (N-methyl/N-ethyl adjacent to an activating group) is 1. The van der Waals surface area contributed by atoms with Gasteiger partial charge in [0.1, 0.15) is 0 Å². The Bertz CT molecular complexity index is 1220. The second-order valence-corrected chi connectivity index (χ2v) is 9.29. The van der Waals surface area contributed by atoms with Crippen molar-refractivity contribution < 1.29 is 4.79 Å². The number of halogens is 1. The number of aryl methyl sites for hydroxylation is 2. The fourth-order valence-electron chi connectivity index (χ4n) is 4.70. The highest BCUT2D eigenvalue weighted by Crippen LogP contribution is 2.23. The molecule has 7 heteroatoms. The number of carbonyl (C=O) groups excluding carboxylic acids is 1. The van der Waals surface area contributed by atoms with E-state index in [1.54, 1.807) is 23.1 Å². The van der Waals surface area contributed by atoms with Crippen molar-refractivity contribution in [2.24, 2.45) is 0 Å². The van der Waals surface area contributed by atoms with Crippen molar-refractivity contribution in [3.8, 4) is 0 Å².